The van der Waals surface area contributed by atoms with Gasteiger partial charge in [-0.05, 0) is 4.92 Å². The number of aromatic nitrogens is 6. The van der Waals surface area contributed by atoms with Crippen molar-refractivity contribution in [1.82, 2.24) is 30.0 Å². The molecule has 0 aliphatic carbocycles. The van der Waals surface area contributed by atoms with Crippen LogP contribution in [0.25, 0.3) is 0 Å². The Morgan fingerprint density at radius 3 is 2.67 bits per heavy atom. The number of carbonyl (C=O) groups is 1. The predicted octanol–water partition coefficient (Wildman–Crippen LogP) is 0.418. The van der Waals surface area contributed by atoms with Gasteiger partial charge in [0.15, 0.2) is 5.69 Å². The summed E-state index contributed by atoms with van der Waals surface area (Å²) in [5.41, 5.74) is 0.125. The van der Waals surface area contributed by atoms with Crippen LogP contribution < -0.4 is 0 Å². The monoisotopic (exact) mass is 251 g/mol. The van der Waals surface area contributed by atoms with Crippen molar-refractivity contribution in [3.63, 3.8) is 0 Å². The van der Waals surface area contributed by atoms with Gasteiger partial charge in [0, 0.05) is 5.92 Å². The van der Waals surface area contributed by atoms with Crippen molar-refractivity contribution in [3.8, 4) is 0 Å². The molecule has 0 radical (unpaired) electrons. The Balaban J connectivity index is 2.52. The Morgan fingerprint density at radius 1 is 1.44 bits per heavy atom. The number of rotatable bonds is 2. The standard InChI is InChI=1S/C8H9N7O3/c1-5(2)6-7(15(17)18)10-12-14(6)8(16)13-4-3-9-11-13/h3-5H,1-2H3. The van der Waals surface area contributed by atoms with E-state index in [2.05, 4.69) is 20.6 Å². The van der Waals surface area contributed by atoms with Crippen molar-refractivity contribution < 1.29 is 9.72 Å². The van der Waals surface area contributed by atoms with Crippen LogP contribution in [-0.2, 0) is 0 Å². The number of nitro groups is 1. The lowest BCUT2D eigenvalue weighted by molar-refractivity contribution is -0.390. The fourth-order valence-corrected chi connectivity index (χ4v) is 1.46. The molecule has 0 saturated heterocycles. The summed E-state index contributed by atoms with van der Waals surface area (Å²) >= 11 is 0. The maximum absolute atomic E-state index is 12.0. The van der Waals surface area contributed by atoms with E-state index in [1.807, 2.05) is 0 Å². The maximum Gasteiger partial charge on any atom is 0.414 e. The van der Waals surface area contributed by atoms with Gasteiger partial charge in [0.2, 0.25) is 0 Å². The average molecular weight is 251 g/mol. The van der Waals surface area contributed by atoms with Crippen molar-refractivity contribution in [3.05, 3.63) is 28.2 Å². The highest BCUT2D eigenvalue weighted by atomic mass is 16.6. The third kappa shape index (κ3) is 1.83. The van der Waals surface area contributed by atoms with E-state index in [4.69, 9.17) is 0 Å². The topological polar surface area (TPSA) is 122 Å². The van der Waals surface area contributed by atoms with E-state index in [1.54, 1.807) is 13.8 Å². The fourth-order valence-electron chi connectivity index (χ4n) is 1.46. The molecule has 0 unspecified atom stereocenters. The van der Waals surface area contributed by atoms with Crippen molar-refractivity contribution in [2.24, 2.45) is 0 Å². The SMILES string of the molecule is CC(C)c1c([N+](=O)[O-])nnn1C(=O)n1ccnn1. The minimum Gasteiger partial charge on any atom is -0.358 e. The molecule has 2 rings (SSSR count). The van der Waals surface area contributed by atoms with E-state index in [9.17, 15) is 14.9 Å². The first-order chi connectivity index (χ1) is 8.52. The molecule has 2 heterocycles. The number of hydrogen-bond acceptors (Lipinski definition) is 7. The molecular weight excluding hydrogens is 242 g/mol. The molecule has 0 bridgehead atoms. The van der Waals surface area contributed by atoms with E-state index >= 15 is 0 Å². The summed E-state index contributed by atoms with van der Waals surface area (Å²) in [6.45, 7) is 3.41. The van der Waals surface area contributed by atoms with Crippen LogP contribution in [-0.4, -0.2) is 40.9 Å². The Labute approximate surface area is 100 Å². The van der Waals surface area contributed by atoms with Gasteiger partial charge in [-0.2, -0.15) is 4.68 Å². The Bertz CT molecular complexity index is 586. The zero-order chi connectivity index (χ0) is 13.3. The molecule has 0 N–H and O–H groups in total. The van der Waals surface area contributed by atoms with Gasteiger partial charge >= 0.3 is 11.8 Å². The highest BCUT2D eigenvalue weighted by Crippen LogP contribution is 2.23. The summed E-state index contributed by atoms with van der Waals surface area (Å²) in [4.78, 5) is 22.1. The van der Waals surface area contributed by atoms with E-state index in [0.717, 1.165) is 9.36 Å². The van der Waals surface area contributed by atoms with Crippen LogP contribution in [0.1, 0.15) is 25.5 Å². The van der Waals surface area contributed by atoms with Gasteiger partial charge in [-0.3, -0.25) is 0 Å². The summed E-state index contributed by atoms with van der Waals surface area (Å²) in [5.74, 6) is -0.716. The van der Waals surface area contributed by atoms with E-state index < -0.39 is 16.8 Å². The molecule has 10 heteroatoms. The van der Waals surface area contributed by atoms with Crippen LogP contribution in [0.2, 0.25) is 0 Å². The minimum atomic E-state index is -0.673. The van der Waals surface area contributed by atoms with E-state index in [1.165, 1.54) is 12.4 Å². The van der Waals surface area contributed by atoms with Gasteiger partial charge in [0.05, 0.1) is 17.6 Å². The van der Waals surface area contributed by atoms with Gasteiger partial charge in [0.25, 0.3) is 0 Å². The number of hydrogen-bond donors (Lipinski definition) is 0. The van der Waals surface area contributed by atoms with Crippen molar-refractivity contribution in [1.29, 1.82) is 0 Å². The Morgan fingerprint density at radius 2 is 2.17 bits per heavy atom. The fraction of sp³-hybridized carbons (Fsp3) is 0.375. The largest absolute Gasteiger partial charge is 0.414 e. The van der Waals surface area contributed by atoms with Crippen LogP contribution in [0, 0.1) is 10.1 Å². The molecule has 94 valence electrons. The summed E-state index contributed by atoms with van der Waals surface area (Å²) in [5, 5.41) is 24.7. The molecule has 0 spiro atoms. The average Bonchev–Trinajstić information content (AvgIpc) is 2.97. The second-order valence-electron chi connectivity index (χ2n) is 3.75. The van der Waals surface area contributed by atoms with Crippen molar-refractivity contribution in [2.75, 3.05) is 0 Å². The third-order valence-corrected chi connectivity index (χ3v) is 2.21. The van der Waals surface area contributed by atoms with Crippen LogP contribution in [0.3, 0.4) is 0 Å². The Hall–Kier alpha value is -2.65. The first-order valence-electron chi connectivity index (χ1n) is 5.03. The van der Waals surface area contributed by atoms with Crippen LogP contribution in [0.15, 0.2) is 12.4 Å². The Kier molecular flexibility index (Phi) is 2.83. The summed E-state index contributed by atoms with van der Waals surface area (Å²) in [6, 6.07) is -0.670. The molecule has 2 aromatic rings. The lowest BCUT2D eigenvalue weighted by atomic mass is 10.1. The molecule has 0 amide bonds. The number of nitrogens with zero attached hydrogens (tertiary/aromatic N) is 7. The normalized spacial score (nSPS) is 10.8. The van der Waals surface area contributed by atoms with Crippen LogP contribution >= 0.6 is 0 Å². The maximum atomic E-state index is 12.0. The molecule has 18 heavy (non-hydrogen) atoms. The van der Waals surface area contributed by atoms with Crippen molar-refractivity contribution >= 4 is 11.8 Å². The van der Waals surface area contributed by atoms with Gasteiger partial charge in [0.1, 0.15) is 5.10 Å². The highest BCUT2D eigenvalue weighted by Gasteiger charge is 2.30. The smallest absolute Gasteiger partial charge is 0.358 e. The van der Waals surface area contributed by atoms with E-state index in [-0.39, 0.29) is 11.6 Å². The quantitative estimate of drug-likeness (QED) is 0.559. The van der Waals surface area contributed by atoms with Gasteiger partial charge < -0.3 is 10.1 Å². The molecule has 0 fully saturated rings. The molecule has 0 aromatic carbocycles. The zero-order valence-electron chi connectivity index (χ0n) is 9.59. The molecule has 0 saturated carbocycles. The molecule has 0 atom stereocenters. The third-order valence-electron chi connectivity index (χ3n) is 2.21. The number of carbonyl (C=O) groups excluding carboxylic acids is 1. The van der Waals surface area contributed by atoms with E-state index in [0.29, 0.717) is 0 Å². The van der Waals surface area contributed by atoms with Gasteiger partial charge in [-0.25, -0.2) is 4.79 Å². The predicted molar refractivity (Wildman–Crippen MR) is 57.0 cm³/mol. The minimum absolute atomic E-state index is 0.125. The zero-order valence-corrected chi connectivity index (χ0v) is 9.59. The molecule has 10 nitrogen and oxygen atoms in total. The van der Waals surface area contributed by atoms with Crippen molar-refractivity contribution in [2.45, 2.75) is 19.8 Å². The molecular formula is C8H9N7O3. The first kappa shape index (κ1) is 11.8. The van der Waals surface area contributed by atoms with Crippen LogP contribution in [0.5, 0.6) is 0 Å². The molecule has 2 aromatic heterocycles. The summed E-state index contributed by atoms with van der Waals surface area (Å²) < 4.78 is 1.78. The second kappa shape index (κ2) is 4.31. The summed E-state index contributed by atoms with van der Waals surface area (Å²) in [6.07, 6.45) is 2.64. The lowest BCUT2D eigenvalue weighted by Crippen LogP contribution is -2.24. The van der Waals surface area contributed by atoms with Gasteiger partial charge in [-0.15, -0.1) is 9.78 Å². The molecule has 0 aliphatic heterocycles. The lowest BCUT2D eigenvalue weighted by Gasteiger charge is -2.05. The second-order valence-corrected chi connectivity index (χ2v) is 3.75. The highest BCUT2D eigenvalue weighted by molar-refractivity contribution is 5.78. The summed E-state index contributed by atoms with van der Waals surface area (Å²) in [7, 11) is 0. The molecule has 0 aliphatic rings. The first-order valence-corrected chi connectivity index (χ1v) is 5.03. The van der Waals surface area contributed by atoms with Gasteiger partial charge in [-0.1, -0.05) is 19.1 Å². The van der Waals surface area contributed by atoms with Crippen LogP contribution in [0.4, 0.5) is 10.6 Å².